The highest BCUT2D eigenvalue weighted by Gasteiger charge is 2.20. The van der Waals surface area contributed by atoms with E-state index in [2.05, 4.69) is 20.8 Å². The van der Waals surface area contributed by atoms with Crippen LogP contribution in [-0.2, 0) is 5.41 Å². The van der Waals surface area contributed by atoms with Crippen LogP contribution >= 0.6 is 22.9 Å². The lowest BCUT2D eigenvalue weighted by atomic mass is 9.95. The van der Waals surface area contributed by atoms with Crippen molar-refractivity contribution in [3.05, 3.63) is 21.9 Å². The van der Waals surface area contributed by atoms with Crippen LogP contribution in [0.2, 0.25) is 0 Å². The molecule has 1 heterocycles. The first-order valence-corrected chi connectivity index (χ1v) is 5.86. The molecule has 1 nitrogen and oxygen atoms in total. The van der Waals surface area contributed by atoms with Crippen LogP contribution in [0.5, 0.6) is 0 Å². The highest BCUT2D eigenvalue weighted by atomic mass is 35.5. The molecule has 0 saturated heterocycles. The topological polar surface area (TPSA) is 17.1 Å². The van der Waals surface area contributed by atoms with Crippen LogP contribution in [0.1, 0.15) is 42.2 Å². The molecule has 0 fully saturated rings. The summed E-state index contributed by atoms with van der Waals surface area (Å²) in [5.41, 5.74) is 0.110. The molecule has 78 valence electrons. The SMILES string of the molecule is CC(Cl)C(=O)c1ccc(C(C)(C)C)s1. The van der Waals surface area contributed by atoms with E-state index in [1.54, 1.807) is 18.3 Å². The number of hydrogen-bond donors (Lipinski definition) is 0. The zero-order valence-corrected chi connectivity index (χ0v) is 10.5. The standard InChI is InChI=1S/C11H15ClOS/c1-7(12)10(13)8-5-6-9(14-8)11(2,3)4/h5-7H,1-4H3. The summed E-state index contributed by atoms with van der Waals surface area (Å²) in [7, 11) is 0. The minimum atomic E-state index is -0.429. The third kappa shape index (κ3) is 2.58. The maximum absolute atomic E-state index is 11.6. The predicted octanol–water partition coefficient (Wildman–Crippen LogP) is 3.86. The Morgan fingerprint density at radius 2 is 2.00 bits per heavy atom. The fourth-order valence-corrected chi connectivity index (χ4v) is 2.34. The summed E-state index contributed by atoms with van der Waals surface area (Å²) in [6, 6.07) is 3.88. The van der Waals surface area contributed by atoms with Crippen molar-refractivity contribution >= 4 is 28.7 Å². The molecule has 3 heteroatoms. The molecular weight excluding hydrogens is 216 g/mol. The largest absolute Gasteiger partial charge is 0.292 e. The molecule has 0 N–H and O–H groups in total. The number of carbonyl (C=O) groups excluding carboxylic acids is 1. The van der Waals surface area contributed by atoms with Crippen molar-refractivity contribution < 1.29 is 4.79 Å². The summed E-state index contributed by atoms with van der Waals surface area (Å²) in [5.74, 6) is 0.0205. The summed E-state index contributed by atoms with van der Waals surface area (Å²) in [4.78, 5) is 13.5. The van der Waals surface area contributed by atoms with Crippen molar-refractivity contribution in [1.29, 1.82) is 0 Å². The summed E-state index contributed by atoms with van der Waals surface area (Å²) in [6.07, 6.45) is 0. The van der Waals surface area contributed by atoms with Gasteiger partial charge in [-0.15, -0.1) is 22.9 Å². The van der Waals surface area contributed by atoms with Gasteiger partial charge in [0.1, 0.15) is 0 Å². The summed E-state index contributed by atoms with van der Waals surface area (Å²) in [5, 5.41) is -0.429. The van der Waals surface area contributed by atoms with Gasteiger partial charge in [-0.2, -0.15) is 0 Å². The molecule has 1 aromatic rings. The minimum absolute atomic E-state index is 0.0205. The number of carbonyl (C=O) groups is 1. The summed E-state index contributed by atoms with van der Waals surface area (Å²) >= 11 is 7.29. The molecule has 0 radical (unpaired) electrons. The first kappa shape index (κ1) is 11.7. The molecule has 0 bridgehead atoms. The first-order valence-electron chi connectivity index (χ1n) is 4.61. The van der Waals surface area contributed by atoms with Gasteiger partial charge in [-0.25, -0.2) is 0 Å². The molecule has 1 rings (SSSR count). The van der Waals surface area contributed by atoms with Gasteiger partial charge in [-0.05, 0) is 24.5 Å². The lowest BCUT2D eigenvalue weighted by Crippen LogP contribution is -2.09. The van der Waals surface area contributed by atoms with Gasteiger partial charge in [-0.1, -0.05) is 20.8 Å². The van der Waals surface area contributed by atoms with Crippen LogP contribution in [0.4, 0.5) is 0 Å². The second kappa shape index (κ2) is 4.03. The monoisotopic (exact) mass is 230 g/mol. The maximum Gasteiger partial charge on any atom is 0.190 e. The highest BCUT2D eigenvalue weighted by Crippen LogP contribution is 2.30. The van der Waals surface area contributed by atoms with Gasteiger partial charge in [0.25, 0.3) is 0 Å². The second-order valence-electron chi connectivity index (χ2n) is 4.39. The van der Waals surface area contributed by atoms with E-state index in [-0.39, 0.29) is 11.2 Å². The van der Waals surface area contributed by atoms with E-state index in [1.165, 1.54) is 4.88 Å². The van der Waals surface area contributed by atoms with Crippen molar-refractivity contribution in [2.45, 2.75) is 38.5 Å². The number of ketones is 1. The molecule has 0 aliphatic heterocycles. The Morgan fingerprint density at radius 3 is 2.36 bits per heavy atom. The number of thiophene rings is 1. The van der Waals surface area contributed by atoms with Gasteiger partial charge < -0.3 is 0 Å². The Labute approximate surface area is 94.1 Å². The number of rotatable bonds is 2. The number of alkyl halides is 1. The van der Waals surface area contributed by atoms with Crippen molar-refractivity contribution in [1.82, 2.24) is 0 Å². The van der Waals surface area contributed by atoms with Crippen LogP contribution in [-0.4, -0.2) is 11.2 Å². The molecule has 14 heavy (non-hydrogen) atoms. The lowest BCUT2D eigenvalue weighted by molar-refractivity contribution is 0.0995. The molecule has 0 spiro atoms. The predicted molar refractivity (Wildman–Crippen MR) is 62.7 cm³/mol. The molecule has 0 aliphatic rings. The van der Waals surface area contributed by atoms with Crippen molar-refractivity contribution in [2.24, 2.45) is 0 Å². The van der Waals surface area contributed by atoms with E-state index in [4.69, 9.17) is 11.6 Å². The third-order valence-electron chi connectivity index (χ3n) is 1.95. The molecule has 0 aromatic carbocycles. The van der Waals surface area contributed by atoms with Crippen LogP contribution in [0, 0.1) is 0 Å². The Balaban J connectivity index is 2.95. The van der Waals surface area contributed by atoms with Gasteiger partial charge in [0.05, 0.1) is 10.3 Å². The Bertz CT molecular complexity index is 333. The van der Waals surface area contributed by atoms with E-state index in [1.807, 2.05) is 12.1 Å². The maximum atomic E-state index is 11.6. The van der Waals surface area contributed by atoms with Gasteiger partial charge in [-0.3, -0.25) is 4.79 Å². The zero-order valence-electron chi connectivity index (χ0n) is 8.93. The molecule has 1 unspecified atom stereocenters. The number of Topliss-reactive ketones (excluding diaryl/α,β-unsaturated/α-hetero) is 1. The van der Waals surface area contributed by atoms with E-state index >= 15 is 0 Å². The van der Waals surface area contributed by atoms with Crippen LogP contribution < -0.4 is 0 Å². The van der Waals surface area contributed by atoms with Gasteiger partial charge in [0, 0.05) is 4.88 Å². The molecule has 1 atom stereocenters. The van der Waals surface area contributed by atoms with Crippen LogP contribution in [0.3, 0.4) is 0 Å². The smallest absolute Gasteiger partial charge is 0.190 e. The Hall–Kier alpha value is -0.340. The van der Waals surface area contributed by atoms with Crippen LogP contribution in [0.25, 0.3) is 0 Å². The summed E-state index contributed by atoms with van der Waals surface area (Å²) < 4.78 is 0. The van der Waals surface area contributed by atoms with E-state index in [0.29, 0.717) is 0 Å². The second-order valence-corrected chi connectivity index (χ2v) is 6.13. The number of halogens is 1. The van der Waals surface area contributed by atoms with Crippen molar-refractivity contribution in [2.75, 3.05) is 0 Å². The van der Waals surface area contributed by atoms with E-state index in [0.717, 1.165) is 4.88 Å². The van der Waals surface area contributed by atoms with Crippen molar-refractivity contribution in [3.8, 4) is 0 Å². The zero-order chi connectivity index (χ0) is 10.9. The lowest BCUT2D eigenvalue weighted by Gasteiger charge is -2.15. The van der Waals surface area contributed by atoms with Crippen LogP contribution in [0.15, 0.2) is 12.1 Å². The molecule has 0 amide bonds. The van der Waals surface area contributed by atoms with Gasteiger partial charge in [0.15, 0.2) is 5.78 Å². The Kier molecular flexibility index (Phi) is 3.38. The third-order valence-corrected chi connectivity index (χ3v) is 3.67. The average Bonchev–Trinajstić information content (AvgIpc) is 2.49. The fourth-order valence-electron chi connectivity index (χ4n) is 1.07. The summed E-state index contributed by atoms with van der Waals surface area (Å²) in [6.45, 7) is 8.12. The van der Waals surface area contributed by atoms with E-state index < -0.39 is 5.38 Å². The minimum Gasteiger partial charge on any atom is -0.292 e. The fraction of sp³-hybridized carbons (Fsp3) is 0.545. The van der Waals surface area contributed by atoms with Crippen molar-refractivity contribution in [3.63, 3.8) is 0 Å². The number of hydrogen-bond acceptors (Lipinski definition) is 2. The molecule has 1 aromatic heterocycles. The highest BCUT2D eigenvalue weighted by molar-refractivity contribution is 7.14. The quantitative estimate of drug-likeness (QED) is 0.557. The molecule has 0 saturated carbocycles. The molecule has 0 aliphatic carbocycles. The normalized spacial score (nSPS) is 14.1. The Morgan fingerprint density at radius 1 is 1.43 bits per heavy atom. The van der Waals surface area contributed by atoms with Gasteiger partial charge in [0.2, 0.25) is 0 Å². The average molecular weight is 231 g/mol. The molecular formula is C11H15ClOS. The first-order chi connectivity index (χ1) is 6.32. The van der Waals surface area contributed by atoms with E-state index in [9.17, 15) is 4.79 Å². The van der Waals surface area contributed by atoms with Gasteiger partial charge >= 0.3 is 0 Å².